The van der Waals surface area contributed by atoms with Gasteiger partial charge >= 0.3 is 0 Å². The number of unbranched alkanes of at least 4 members (excludes halogenated alkanes) is 1. The van der Waals surface area contributed by atoms with Crippen LogP contribution in [0.1, 0.15) is 30.9 Å². The number of benzene rings is 2. The van der Waals surface area contributed by atoms with E-state index >= 15 is 0 Å². The van der Waals surface area contributed by atoms with Crippen LogP contribution in [0.25, 0.3) is 0 Å². The lowest BCUT2D eigenvalue weighted by atomic mass is 9.99. The highest BCUT2D eigenvalue weighted by atomic mass is 16.5. The molecule has 19 heavy (non-hydrogen) atoms. The Labute approximate surface area is 114 Å². The minimum Gasteiger partial charge on any atom is -0.453 e. The van der Waals surface area contributed by atoms with Crippen molar-refractivity contribution >= 4 is 11.4 Å². The van der Waals surface area contributed by atoms with E-state index in [9.17, 15) is 0 Å². The van der Waals surface area contributed by atoms with Gasteiger partial charge in [-0.3, -0.25) is 0 Å². The molecule has 0 atom stereocenters. The van der Waals surface area contributed by atoms with Crippen LogP contribution in [0, 0.1) is 6.92 Å². The predicted molar refractivity (Wildman–Crippen MR) is 79.6 cm³/mol. The van der Waals surface area contributed by atoms with E-state index in [4.69, 9.17) is 4.74 Å². The van der Waals surface area contributed by atoms with E-state index in [1.807, 2.05) is 18.2 Å². The van der Waals surface area contributed by atoms with Crippen LogP contribution in [-0.2, 0) is 6.42 Å². The van der Waals surface area contributed by atoms with Gasteiger partial charge in [0.1, 0.15) is 0 Å². The van der Waals surface area contributed by atoms with Gasteiger partial charge in [-0.2, -0.15) is 0 Å². The predicted octanol–water partition coefficient (Wildman–Crippen LogP) is 5.19. The lowest BCUT2D eigenvalue weighted by Gasteiger charge is -2.25. The summed E-state index contributed by atoms with van der Waals surface area (Å²) in [4.78, 5) is 0. The van der Waals surface area contributed by atoms with Crippen LogP contribution in [0.2, 0.25) is 0 Å². The van der Waals surface area contributed by atoms with Crippen molar-refractivity contribution in [2.75, 3.05) is 5.32 Å². The molecular formula is C17H19NO. The molecule has 0 saturated carbocycles. The van der Waals surface area contributed by atoms with E-state index in [2.05, 4.69) is 37.4 Å². The van der Waals surface area contributed by atoms with Gasteiger partial charge < -0.3 is 10.1 Å². The Morgan fingerprint density at radius 2 is 1.89 bits per heavy atom. The lowest BCUT2D eigenvalue weighted by molar-refractivity contribution is 0.480. The smallest absolute Gasteiger partial charge is 0.151 e. The summed E-state index contributed by atoms with van der Waals surface area (Å²) in [5.74, 6) is 1.84. The van der Waals surface area contributed by atoms with Gasteiger partial charge in [0.15, 0.2) is 11.5 Å². The van der Waals surface area contributed by atoms with Gasteiger partial charge in [0.2, 0.25) is 0 Å². The summed E-state index contributed by atoms with van der Waals surface area (Å²) in [6.45, 7) is 4.40. The van der Waals surface area contributed by atoms with Crippen LogP contribution >= 0.6 is 0 Å². The Hall–Kier alpha value is -1.96. The lowest BCUT2D eigenvalue weighted by Crippen LogP contribution is -2.07. The van der Waals surface area contributed by atoms with Gasteiger partial charge in [-0.1, -0.05) is 31.5 Å². The molecule has 0 spiro atoms. The van der Waals surface area contributed by atoms with Crippen molar-refractivity contribution in [1.82, 2.24) is 0 Å². The molecule has 0 unspecified atom stereocenters. The largest absolute Gasteiger partial charge is 0.453 e. The van der Waals surface area contributed by atoms with Gasteiger partial charge in [0, 0.05) is 0 Å². The fraction of sp³-hybridized carbons (Fsp3) is 0.294. The van der Waals surface area contributed by atoms with Gasteiger partial charge in [-0.15, -0.1) is 0 Å². The molecule has 0 radical (unpaired) electrons. The Bertz CT molecular complexity index is 604. The third kappa shape index (κ3) is 2.19. The molecule has 1 aliphatic heterocycles. The van der Waals surface area contributed by atoms with Gasteiger partial charge in [0.25, 0.3) is 0 Å². The Morgan fingerprint density at radius 3 is 2.74 bits per heavy atom. The highest BCUT2D eigenvalue weighted by Crippen LogP contribution is 2.44. The maximum atomic E-state index is 5.99. The summed E-state index contributed by atoms with van der Waals surface area (Å²) in [7, 11) is 0. The third-order valence-corrected chi connectivity index (χ3v) is 3.66. The van der Waals surface area contributed by atoms with Crippen molar-refractivity contribution in [2.45, 2.75) is 33.1 Å². The van der Waals surface area contributed by atoms with Crippen LogP contribution < -0.4 is 10.1 Å². The molecule has 2 nitrogen and oxygen atoms in total. The molecule has 2 heteroatoms. The molecule has 0 aromatic heterocycles. The average molecular weight is 253 g/mol. The van der Waals surface area contributed by atoms with Gasteiger partial charge in [-0.25, -0.2) is 0 Å². The van der Waals surface area contributed by atoms with E-state index < -0.39 is 0 Å². The molecule has 0 amide bonds. The first-order chi connectivity index (χ1) is 9.29. The maximum absolute atomic E-state index is 5.99. The zero-order valence-corrected chi connectivity index (χ0v) is 11.5. The Balaban J connectivity index is 2.02. The second-order valence-electron chi connectivity index (χ2n) is 5.06. The number of para-hydroxylation sites is 2. The van der Waals surface area contributed by atoms with Gasteiger partial charge in [0.05, 0.1) is 11.4 Å². The monoisotopic (exact) mass is 253 g/mol. The summed E-state index contributed by atoms with van der Waals surface area (Å²) < 4.78 is 5.99. The van der Waals surface area contributed by atoms with Crippen LogP contribution in [0.15, 0.2) is 36.4 Å². The summed E-state index contributed by atoms with van der Waals surface area (Å²) in [6.07, 6.45) is 3.52. The Morgan fingerprint density at radius 1 is 1.05 bits per heavy atom. The number of rotatable bonds is 3. The number of fused-ring (bicyclic) bond motifs is 2. The number of ether oxygens (including phenoxy) is 1. The van der Waals surface area contributed by atoms with E-state index in [1.54, 1.807) is 0 Å². The summed E-state index contributed by atoms with van der Waals surface area (Å²) in [6, 6.07) is 12.3. The van der Waals surface area contributed by atoms with E-state index in [-0.39, 0.29) is 0 Å². The molecular weight excluding hydrogens is 234 g/mol. The SMILES string of the molecule is CCCCc1c(C)ccc2c1Nc1ccccc1O2. The number of hydrogen-bond donors (Lipinski definition) is 1. The van der Waals surface area contributed by atoms with Crippen LogP contribution in [0.5, 0.6) is 11.5 Å². The van der Waals surface area contributed by atoms with E-state index in [0.29, 0.717) is 0 Å². The van der Waals surface area contributed by atoms with Crippen molar-refractivity contribution in [3.8, 4) is 11.5 Å². The number of nitrogens with one attached hydrogen (secondary N) is 1. The molecule has 3 rings (SSSR count). The quantitative estimate of drug-likeness (QED) is 0.693. The van der Waals surface area contributed by atoms with Crippen LogP contribution in [-0.4, -0.2) is 0 Å². The fourth-order valence-electron chi connectivity index (χ4n) is 2.54. The maximum Gasteiger partial charge on any atom is 0.151 e. The zero-order chi connectivity index (χ0) is 13.2. The topological polar surface area (TPSA) is 21.3 Å². The first kappa shape index (κ1) is 12.1. The molecule has 0 aliphatic carbocycles. The molecule has 1 aliphatic rings. The number of hydrogen-bond acceptors (Lipinski definition) is 2. The Kier molecular flexibility index (Phi) is 3.16. The standard InChI is InChI=1S/C17H19NO/c1-3-4-7-13-12(2)10-11-16-17(13)18-14-8-5-6-9-15(14)19-16/h5-6,8-11,18H,3-4,7H2,1-2H3. The highest BCUT2D eigenvalue weighted by molar-refractivity contribution is 5.78. The minimum atomic E-state index is 0.903. The molecule has 0 bridgehead atoms. The van der Waals surface area contributed by atoms with Gasteiger partial charge in [-0.05, 0) is 49.1 Å². The molecule has 0 fully saturated rings. The summed E-state index contributed by atoms with van der Waals surface area (Å²) in [5.41, 5.74) is 4.92. The highest BCUT2D eigenvalue weighted by Gasteiger charge is 2.19. The van der Waals surface area contributed by atoms with Crippen molar-refractivity contribution < 1.29 is 4.74 Å². The summed E-state index contributed by atoms with van der Waals surface area (Å²) >= 11 is 0. The first-order valence-corrected chi connectivity index (χ1v) is 6.96. The molecule has 0 saturated heterocycles. The van der Waals surface area contributed by atoms with E-state index in [0.717, 1.165) is 29.3 Å². The van der Waals surface area contributed by atoms with Crippen LogP contribution in [0.4, 0.5) is 11.4 Å². The molecule has 98 valence electrons. The zero-order valence-electron chi connectivity index (χ0n) is 11.5. The second kappa shape index (κ2) is 4.96. The summed E-state index contributed by atoms with van der Waals surface area (Å²) in [5, 5.41) is 3.53. The molecule has 2 aromatic carbocycles. The van der Waals surface area contributed by atoms with Crippen molar-refractivity contribution in [2.24, 2.45) is 0 Å². The van der Waals surface area contributed by atoms with E-state index in [1.165, 1.54) is 24.0 Å². The van der Waals surface area contributed by atoms with Crippen molar-refractivity contribution in [3.63, 3.8) is 0 Å². The normalized spacial score (nSPS) is 12.1. The molecule has 2 aromatic rings. The second-order valence-corrected chi connectivity index (χ2v) is 5.06. The third-order valence-electron chi connectivity index (χ3n) is 3.66. The van der Waals surface area contributed by atoms with Crippen molar-refractivity contribution in [1.29, 1.82) is 0 Å². The van der Waals surface area contributed by atoms with Crippen LogP contribution in [0.3, 0.4) is 0 Å². The fourth-order valence-corrected chi connectivity index (χ4v) is 2.54. The molecule has 1 heterocycles. The number of aryl methyl sites for hydroxylation is 1. The first-order valence-electron chi connectivity index (χ1n) is 6.96. The van der Waals surface area contributed by atoms with Crippen molar-refractivity contribution in [3.05, 3.63) is 47.5 Å². The number of anilines is 2. The molecule has 1 N–H and O–H groups in total. The minimum absolute atomic E-state index is 0.903. The average Bonchev–Trinajstić information content (AvgIpc) is 2.44.